The zero-order valence-corrected chi connectivity index (χ0v) is 22.3. The molecule has 0 spiro atoms. The summed E-state index contributed by atoms with van der Waals surface area (Å²) in [6, 6.07) is 20.1. The van der Waals surface area contributed by atoms with Crippen molar-refractivity contribution in [2.75, 3.05) is 7.05 Å². The van der Waals surface area contributed by atoms with E-state index in [1.807, 2.05) is 30.5 Å². The molecular weight excluding hydrogens is 490 g/mol. The fraction of sp³-hybridized carbons (Fsp3) is 0.290. The number of amides is 3. The van der Waals surface area contributed by atoms with Crippen molar-refractivity contribution in [1.29, 1.82) is 0 Å². The molecule has 4 heterocycles. The highest BCUT2D eigenvalue weighted by Crippen LogP contribution is 2.33. The first-order valence-corrected chi connectivity index (χ1v) is 13.2. The zero-order valence-electron chi connectivity index (χ0n) is 22.3. The van der Waals surface area contributed by atoms with Crippen molar-refractivity contribution in [2.45, 2.75) is 51.4 Å². The van der Waals surface area contributed by atoms with E-state index in [4.69, 9.17) is 0 Å². The second-order valence-electron chi connectivity index (χ2n) is 11.0. The first-order valence-electron chi connectivity index (χ1n) is 13.2. The Hall–Kier alpha value is -4.30. The average molecular weight is 522 g/mol. The number of fused-ring (bicyclic) bond motifs is 2. The quantitative estimate of drug-likeness (QED) is 0.386. The Kier molecular flexibility index (Phi) is 6.07. The summed E-state index contributed by atoms with van der Waals surface area (Å²) in [5.41, 5.74) is 6.68. The summed E-state index contributed by atoms with van der Waals surface area (Å²) in [5, 5.41) is 2.36. The van der Waals surface area contributed by atoms with Gasteiger partial charge in [0, 0.05) is 30.6 Å². The van der Waals surface area contributed by atoms with Crippen molar-refractivity contribution < 1.29 is 14.4 Å². The predicted octanol–water partition coefficient (Wildman–Crippen LogP) is 4.13. The lowest BCUT2D eigenvalue weighted by molar-refractivity contribution is -0.136. The summed E-state index contributed by atoms with van der Waals surface area (Å²) in [7, 11) is 2.14. The minimum Gasteiger partial charge on any atom is -0.322 e. The number of carbonyl (C=O) groups is 3. The van der Waals surface area contributed by atoms with Gasteiger partial charge in [-0.15, -0.1) is 0 Å². The molecule has 0 aliphatic carbocycles. The molecule has 0 saturated carbocycles. The Morgan fingerprint density at radius 1 is 1.05 bits per heavy atom. The highest BCUT2D eigenvalue weighted by atomic mass is 16.2. The van der Waals surface area contributed by atoms with Gasteiger partial charge < -0.3 is 4.90 Å². The molecule has 2 aromatic carbocycles. The summed E-state index contributed by atoms with van der Waals surface area (Å²) in [5.74, 6) is -0.856. The fourth-order valence-corrected chi connectivity index (χ4v) is 5.68. The van der Waals surface area contributed by atoms with E-state index < -0.39 is 11.9 Å². The van der Waals surface area contributed by atoms with Gasteiger partial charge in [0.05, 0.1) is 23.7 Å². The van der Waals surface area contributed by atoms with Crippen LogP contribution in [0.2, 0.25) is 0 Å². The number of piperidine rings is 1. The topological polar surface area (TPSA) is 87.0 Å². The Balaban J connectivity index is 1.31. The summed E-state index contributed by atoms with van der Waals surface area (Å²) in [6.45, 7) is 5.54. The molecule has 0 bridgehead atoms. The van der Waals surface area contributed by atoms with Crippen LogP contribution in [0.25, 0.3) is 16.8 Å². The lowest BCUT2D eigenvalue weighted by Gasteiger charge is -2.36. The van der Waals surface area contributed by atoms with E-state index in [-0.39, 0.29) is 23.8 Å². The summed E-state index contributed by atoms with van der Waals surface area (Å²) < 4.78 is 2.06. The molecule has 2 aliphatic rings. The van der Waals surface area contributed by atoms with E-state index in [0.717, 1.165) is 34.4 Å². The van der Waals surface area contributed by atoms with Crippen LogP contribution in [0.4, 0.5) is 0 Å². The van der Waals surface area contributed by atoms with Crippen LogP contribution in [0.5, 0.6) is 0 Å². The standard InChI is InChI=1S/C31H31N5O3/c1-31(2,23-7-5-4-6-8-23)34(3)17-20-13-24-16-32-19-36(24)27(14-20)21-9-10-25-22(15-21)18-35(30(25)39)26-11-12-28(37)33-29(26)38/h4-10,13-16,19,26H,11-12,17-18H2,1-3H3,(H,33,37,38). The molecule has 1 unspecified atom stereocenters. The first kappa shape index (κ1) is 25.0. The number of imidazole rings is 1. The van der Waals surface area contributed by atoms with Crippen LogP contribution in [0.1, 0.15) is 53.7 Å². The van der Waals surface area contributed by atoms with Crippen molar-refractivity contribution in [3.63, 3.8) is 0 Å². The number of aromatic nitrogens is 2. The van der Waals surface area contributed by atoms with Crippen molar-refractivity contribution in [3.05, 3.63) is 95.4 Å². The maximum Gasteiger partial charge on any atom is 0.255 e. The molecule has 3 amide bonds. The van der Waals surface area contributed by atoms with Crippen molar-refractivity contribution >= 4 is 23.2 Å². The van der Waals surface area contributed by atoms with Crippen molar-refractivity contribution in [2.24, 2.45) is 0 Å². The van der Waals surface area contributed by atoms with Gasteiger partial charge in [-0.2, -0.15) is 0 Å². The third-order valence-corrected chi connectivity index (χ3v) is 8.26. The largest absolute Gasteiger partial charge is 0.322 e. The number of imide groups is 1. The lowest BCUT2D eigenvalue weighted by Crippen LogP contribution is -2.52. The fourth-order valence-electron chi connectivity index (χ4n) is 5.68. The molecule has 1 atom stereocenters. The predicted molar refractivity (Wildman–Crippen MR) is 148 cm³/mol. The maximum absolute atomic E-state index is 13.2. The molecule has 1 fully saturated rings. The van der Waals surface area contributed by atoms with Gasteiger partial charge in [-0.3, -0.25) is 29.0 Å². The molecule has 39 heavy (non-hydrogen) atoms. The van der Waals surface area contributed by atoms with Gasteiger partial charge >= 0.3 is 0 Å². The molecule has 2 aromatic heterocycles. The van der Waals surface area contributed by atoms with Crippen molar-refractivity contribution in [3.8, 4) is 11.3 Å². The first-order chi connectivity index (χ1) is 18.7. The third kappa shape index (κ3) is 4.40. The van der Waals surface area contributed by atoms with Gasteiger partial charge in [0.25, 0.3) is 5.91 Å². The van der Waals surface area contributed by atoms with Crippen LogP contribution in [0, 0.1) is 0 Å². The number of benzene rings is 2. The van der Waals surface area contributed by atoms with Gasteiger partial charge in [-0.1, -0.05) is 36.4 Å². The number of nitrogens with zero attached hydrogens (tertiary/aromatic N) is 4. The zero-order chi connectivity index (χ0) is 27.3. The summed E-state index contributed by atoms with van der Waals surface area (Å²) >= 11 is 0. The van der Waals surface area contributed by atoms with E-state index in [1.54, 1.807) is 11.2 Å². The number of nitrogens with one attached hydrogen (secondary N) is 1. The van der Waals surface area contributed by atoms with Gasteiger partial charge in [0.15, 0.2) is 0 Å². The maximum atomic E-state index is 13.2. The molecule has 198 valence electrons. The Bertz CT molecular complexity index is 1610. The van der Waals surface area contributed by atoms with E-state index in [9.17, 15) is 14.4 Å². The highest BCUT2D eigenvalue weighted by Gasteiger charge is 2.39. The second-order valence-corrected chi connectivity index (χ2v) is 11.0. The Morgan fingerprint density at radius 3 is 2.62 bits per heavy atom. The minimum atomic E-state index is -0.627. The van der Waals surface area contributed by atoms with Gasteiger partial charge in [0.1, 0.15) is 6.04 Å². The second kappa shape index (κ2) is 9.47. The normalized spacial score (nSPS) is 17.7. The van der Waals surface area contributed by atoms with E-state index in [0.29, 0.717) is 18.5 Å². The Morgan fingerprint density at radius 2 is 1.85 bits per heavy atom. The molecule has 1 N–H and O–H groups in total. The van der Waals surface area contributed by atoms with E-state index in [1.165, 1.54) is 5.56 Å². The molecule has 8 heteroatoms. The SMILES string of the molecule is CN(Cc1cc(-c2ccc3c(c2)CN(C2CCC(=O)NC2=O)C3=O)n2cncc2c1)C(C)(C)c1ccccc1. The van der Waals surface area contributed by atoms with Gasteiger partial charge in [0.2, 0.25) is 11.8 Å². The monoisotopic (exact) mass is 521 g/mol. The van der Waals surface area contributed by atoms with Crippen LogP contribution in [-0.4, -0.2) is 50.0 Å². The summed E-state index contributed by atoms with van der Waals surface area (Å²) in [4.78, 5) is 45.5. The molecule has 6 rings (SSSR count). The smallest absolute Gasteiger partial charge is 0.255 e. The van der Waals surface area contributed by atoms with Gasteiger partial charge in [-0.25, -0.2) is 4.98 Å². The molecular formula is C31H31N5O3. The van der Waals surface area contributed by atoms with Gasteiger partial charge in [-0.05, 0) is 73.8 Å². The number of carbonyl (C=O) groups excluding carboxylic acids is 3. The van der Waals surface area contributed by atoms with E-state index >= 15 is 0 Å². The number of hydrogen-bond acceptors (Lipinski definition) is 5. The number of hydrogen-bond donors (Lipinski definition) is 1. The lowest BCUT2D eigenvalue weighted by atomic mass is 9.92. The van der Waals surface area contributed by atoms with Crippen LogP contribution < -0.4 is 5.32 Å². The average Bonchev–Trinajstić information content (AvgIpc) is 3.53. The third-order valence-electron chi connectivity index (χ3n) is 8.26. The van der Waals surface area contributed by atoms with Crippen LogP contribution in [0.3, 0.4) is 0 Å². The molecule has 4 aromatic rings. The number of rotatable bonds is 6. The van der Waals surface area contributed by atoms with Crippen molar-refractivity contribution in [1.82, 2.24) is 24.5 Å². The van der Waals surface area contributed by atoms with Crippen LogP contribution in [-0.2, 0) is 28.2 Å². The summed E-state index contributed by atoms with van der Waals surface area (Å²) in [6.07, 6.45) is 4.25. The van der Waals surface area contributed by atoms with E-state index in [2.05, 4.69) is 76.9 Å². The Labute approximate surface area is 227 Å². The van der Waals surface area contributed by atoms with Crippen LogP contribution >= 0.6 is 0 Å². The van der Waals surface area contributed by atoms with Crippen LogP contribution in [0.15, 0.2) is 73.2 Å². The highest BCUT2D eigenvalue weighted by molar-refractivity contribution is 6.05. The molecule has 0 radical (unpaired) electrons. The molecule has 2 aliphatic heterocycles. The number of pyridine rings is 1. The minimum absolute atomic E-state index is 0.165. The molecule has 1 saturated heterocycles. The molecule has 8 nitrogen and oxygen atoms in total.